The van der Waals surface area contributed by atoms with Crippen molar-refractivity contribution in [1.82, 2.24) is 0 Å². The highest BCUT2D eigenvalue weighted by molar-refractivity contribution is 7.10. The minimum Gasteiger partial charge on any atom is -0.330 e. The van der Waals surface area contributed by atoms with Crippen LogP contribution in [0, 0.1) is 11.8 Å². The lowest BCUT2D eigenvalue weighted by Crippen LogP contribution is -2.28. The standard InChI is InChI=1S/C13H21NS/c1-2-10-5-6-11(9-14)12(8-10)13-4-3-7-15-13/h3-4,7,10-12H,2,5-6,8-9,14H2,1H3. The van der Waals surface area contributed by atoms with Crippen LogP contribution >= 0.6 is 11.3 Å². The number of rotatable bonds is 3. The lowest BCUT2D eigenvalue weighted by Gasteiger charge is -2.34. The molecule has 1 aromatic rings. The Hall–Kier alpha value is -0.340. The molecule has 1 aliphatic carbocycles. The second-order valence-corrected chi connectivity index (χ2v) is 5.68. The quantitative estimate of drug-likeness (QED) is 0.832. The molecule has 15 heavy (non-hydrogen) atoms. The topological polar surface area (TPSA) is 26.0 Å². The van der Waals surface area contributed by atoms with Crippen LogP contribution < -0.4 is 5.73 Å². The van der Waals surface area contributed by atoms with Crippen LogP contribution in [-0.2, 0) is 0 Å². The maximum atomic E-state index is 5.89. The van der Waals surface area contributed by atoms with Crippen molar-refractivity contribution in [1.29, 1.82) is 0 Å². The van der Waals surface area contributed by atoms with Crippen LogP contribution in [0.15, 0.2) is 17.5 Å². The van der Waals surface area contributed by atoms with Crippen LogP contribution in [0.5, 0.6) is 0 Å². The van der Waals surface area contributed by atoms with Crippen molar-refractivity contribution in [3.63, 3.8) is 0 Å². The van der Waals surface area contributed by atoms with Crippen molar-refractivity contribution in [3.05, 3.63) is 22.4 Å². The summed E-state index contributed by atoms with van der Waals surface area (Å²) in [6.07, 6.45) is 5.41. The van der Waals surface area contributed by atoms with Crippen molar-refractivity contribution in [3.8, 4) is 0 Å². The lowest BCUT2D eigenvalue weighted by atomic mass is 9.72. The predicted molar refractivity (Wildman–Crippen MR) is 67.2 cm³/mol. The Labute approximate surface area is 96.7 Å². The zero-order valence-corrected chi connectivity index (χ0v) is 10.3. The van der Waals surface area contributed by atoms with Crippen LogP contribution in [0.3, 0.4) is 0 Å². The smallest absolute Gasteiger partial charge is 0.00795 e. The van der Waals surface area contributed by atoms with Crippen LogP contribution in [0.25, 0.3) is 0 Å². The van der Waals surface area contributed by atoms with Crippen molar-refractivity contribution < 1.29 is 0 Å². The maximum Gasteiger partial charge on any atom is 0.00795 e. The molecule has 0 saturated heterocycles. The van der Waals surface area contributed by atoms with Gasteiger partial charge >= 0.3 is 0 Å². The molecule has 1 saturated carbocycles. The molecular formula is C13H21NS. The van der Waals surface area contributed by atoms with Crippen LogP contribution in [0.4, 0.5) is 0 Å². The first-order chi connectivity index (χ1) is 7.35. The van der Waals surface area contributed by atoms with E-state index in [1.54, 1.807) is 4.88 Å². The summed E-state index contributed by atoms with van der Waals surface area (Å²) in [5, 5.41) is 2.19. The Morgan fingerprint density at radius 2 is 2.33 bits per heavy atom. The zero-order chi connectivity index (χ0) is 10.7. The van der Waals surface area contributed by atoms with Gasteiger partial charge in [0.25, 0.3) is 0 Å². The Morgan fingerprint density at radius 1 is 1.47 bits per heavy atom. The summed E-state index contributed by atoms with van der Waals surface area (Å²) in [4.78, 5) is 1.56. The SMILES string of the molecule is CCC1CCC(CN)C(c2cccs2)C1. The first kappa shape index (κ1) is 11.2. The van der Waals surface area contributed by atoms with Gasteiger partial charge in [-0.2, -0.15) is 0 Å². The van der Waals surface area contributed by atoms with Gasteiger partial charge in [0.2, 0.25) is 0 Å². The molecule has 2 heteroatoms. The Kier molecular flexibility index (Phi) is 3.81. The third kappa shape index (κ3) is 2.43. The Morgan fingerprint density at radius 3 is 2.93 bits per heavy atom. The van der Waals surface area contributed by atoms with E-state index in [2.05, 4.69) is 24.4 Å². The molecule has 1 fully saturated rings. The highest BCUT2D eigenvalue weighted by Crippen LogP contribution is 2.42. The predicted octanol–water partition coefficient (Wildman–Crippen LogP) is 3.62. The van der Waals surface area contributed by atoms with Crippen molar-refractivity contribution >= 4 is 11.3 Å². The van der Waals surface area contributed by atoms with Gasteiger partial charge in [-0.15, -0.1) is 11.3 Å². The molecule has 1 aliphatic rings. The highest BCUT2D eigenvalue weighted by Gasteiger charge is 2.30. The van der Waals surface area contributed by atoms with E-state index >= 15 is 0 Å². The molecule has 3 unspecified atom stereocenters. The molecule has 2 N–H and O–H groups in total. The summed E-state index contributed by atoms with van der Waals surface area (Å²) >= 11 is 1.91. The molecule has 0 bridgehead atoms. The third-order valence-corrected chi connectivity index (χ3v) is 4.89. The van der Waals surface area contributed by atoms with E-state index in [1.165, 1.54) is 25.7 Å². The van der Waals surface area contributed by atoms with Gasteiger partial charge in [-0.25, -0.2) is 0 Å². The minimum absolute atomic E-state index is 0.728. The second kappa shape index (κ2) is 5.13. The first-order valence-corrected chi connectivity index (χ1v) is 6.96. The van der Waals surface area contributed by atoms with E-state index in [0.717, 1.165) is 24.3 Å². The van der Waals surface area contributed by atoms with E-state index < -0.39 is 0 Å². The first-order valence-electron chi connectivity index (χ1n) is 6.08. The average Bonchev–Trinajstić information content (AvgIpc) is 2.81. The third-order valence-electron chi connectivity index (χ3n) is 3.89. The summed E-state index contributed by atoms with van der Waals surface area (Å²) in [5.74, 6) is 2.40. The van der Waals surface area contributed by atoms with Gasteiger partial charge in [0, 0.05) is 4.88 Å². The van der Waals surface area contributed by atoms with Crippen molar-refractivity contribution in [2.45, 2.75) is 38.5 Å². The van der Waals surface area contributed by atoms with Gasteiger partial charge in [0.15, 0.2) is 0 Å². The highest BCUT2D eigenvalue weighted by atomic mass is 32.1. The van der Waals surface area contributed by atoms with Gasteiger partial charge in [-0.05, 0) is 48.6 Å². The molecule has 2 rings (SSSR count). The Bertz CT molecular complexity index is 281. The van der Waals surface area contributed by atoms with Gasteiger partial charge in [0.1, 0.15) is 0 Å². The van der Waals surface area contributed by atoms with Crippen molar-refractivity contribution in [2.75, 3.05) is 6.54 Å². The molecule has 3 atom stereocenters. The van der Waals surface area contributed by atoms with Crippen LogP contribution in [0.2, 0.25) is 0 Å². The number of thiophene rings is 1. The van der Waals surface area contributed by atoms with E-state index in [-0.39, 0.29) is 0 Å². The number of nitrogens with two attached hydrogens (primary N) is 1. The van der Waals surface area contributed by atoms with E-state index in [0.29, 0.717) is 0 Å². The number of hydrogen-bond acceptors (Lipinski definition) is 2. The molecule has 0 amide bonds. The van der Waals surface area contributed by atoms with E-state index in [4.69, 9.17) is 5.73 Å². The summed E-state index contributed by atoms with van der Waals surface area (Å²) in [6.45, 7) is 3.18. The lowest BCUT2D eigenvalue weighted by molar-refractivity contribution is 0.238. The van der Waals surface area contributed by atoms with E-state index in [9.17, 15) is 0 Å². The molecule has 1 aromatic heterocycles. The van der Waals surface area contributed by atoms with Crippen LogP contribution in [0.1, 0.15) is 43.4 Å². The molecule has 0 radical (unpaired) electrons. The van der Waals surface area contributed by atoms with Crippen LogP contribution in [-0.4, -0.2) is 6.54 Å². The minimum atomic E-state index is 0.728. The zero-order valence-electron chi connectivity index (χ0n) is 9.49. The molecule has 1 nitrogen and oxygen atoms in total. The maximum absolute atomic E-state index is 5.89. The van der Waals surface area contributed by atoms with Gasteiger partial charge in [0.05, 0.1) is 0 Å². The molecule has 0 aliphatic heterocycles. The normalized spacial score (nSPS) is 31.7. The van der Waals surface area contributed by atoms with E-state index in [1.807, 2.05) is 11.3 Å². The largest absolute Gasteiger partial charge is 0.330 e. The fraction of sp³-hybridized carbons (Fsp3) is 0.692. The molecule has 84 valence electrons. The molecule has 1 heterocycles. The van der Waals surface area contributed by atoms with Gasteiger partial charge in [-0.3, -0.25) is 0 Å². The van der Waals surface area contributed by atoms with Gasteiger partial charge < -0.3 is 5.73 Å². The van der Waals surface area contributed by atoms with Gasteiger partial charge in [-0.1, -0.05) is 25.8 Å². The summed E-state index contributed by atoms with van der Waals surface area (Å²) in [6, 6.07) is 4.46. The average molecular weight is 223 g/mol. The van der Waals surface area contributed by atoms with Crippen molar-refractivity contribution in [2.24, 2.45) is 17.6 Å². The fourth-order valence-corrected chi connectivity index (χ4v) is 3.76. The molecule has 0 spiro atoms. The summed E-state index contributed by atoms with van der Waals surface area (Å²) in [7, 11) is 0. The molecular weight excluding hydrogens is 202 g/mol. The molecule has 0 aromatic carbocycles. The number of hydrogen-bond donors (Lipinski definition) is 1. The second-order valence-electron chi connectivity index (χ2n) is 4.71. The summed E-state index contributed by atoms with van der Waals surface area (Å²) in [5.41, 5.74) is 5.89. The fourth-order valence-electron chi connectivity index (χ4n) is 2.82. The monoisotopic (exact) mass is 223 g/mol. The summed E-state index contributed by atoms with van der Waals surface area (Å²) < 4.78 is 0. The Balaban J connectivity index is 2.10.